The molecule has 2 aromatic carbocycles. The number of carbonyl (C=O) groups excluding carboxylic acids is 1. The van der Waals surface area contributed by atoms with Crippen LogP contribution in [0.1, 0.15) is 70.8 Å². The number of benzene rings is 2. The average molecular weight is 567 g/mol. The number of carbonyl (C=O) groups is 1. The Morgan fingerprint density at radius 1 is 0.976 bits per heavy atom. The molecule has 0 spiro atoms. The number of methoxy groups -OCH3 is 1. The number of ether oxygens (including phenoxy) is 2. The van der Waals surface area contributed by atoms with Crippen molar-refractivity contribution in [1.82, 2.24) is 14.9 Å². The maximum absolute atomic E-state index is 12.0. The van der Waals surface area contributed by atoms with Crippen LogP contribution >= 0.6 is 12.2 Å². The Bertz CT molecular complexity index is 1540. The lowest BCUT2D eigenvalue weighted by Crippen LogP contribution is -2.29. The molecule has 4 aromatic rings. The summed E-state index contributed by atoms with van der Waals surface area (Å²) >= 11 is 5.96. The third kappa shape index (κ3) is 5.20. The lowest BCUT2D eigenvalue weighted by Gasteiger charge is -2.28. The average Bonchev–Trinajstić information content (AvgIpc) is 3.71. The van der Waals surface area contributed by atoms with Crippen LogP contribution in [-0.4, -0.2) is 33.8 Å². The predicted molar refractivity (Wildman–Crippen MR) is 164 cm³/mol. The molecule has 1 saturated carbocycles. The van der Waals surface area contributed by atoms with E-state index in [0.29, 0.717) is 16.8 Å². The van der Waals surface area contributed by atoms with E-state index < -0.39 is 0 Å². The smallest absolute Gasteiger partial charge is 0.337 e. The molecule has 41 heavy (non-hydrogen) atoms. The zero-order valence-corrected chi connectivity index (χ0v) is 24.4. The minimum Gasteiger partial charge on any atom is -0.490 e. The Balaban J connectivity index is 1.39. The number of rotatable bonds is 7. The maximum atomic E-state index is 12.0. The number of aryl methyl sites for hydroxylation is 1. The fraction of sp³-hybridized carbons (Fsp3) is 0.303. The molecular weight excluding hydrogens is 532 g/mol. The molecule has 0 bridgehead atoms. The van der Waals surface area contributed by atoms with Crippen LogP contribution in [0.25, 0.3) is 5.69 Å². The molecule has 1 saturated heterocycles. The van der Waals surface area contributed by atoms with E-state index in [4.69, 9.17) is 26.7 Å². The lowest BCUT2D eigenvalue weighted by molar-refractivity contribution is 0.0600. The van der Waals surface area contributed by atoms with Crippen molar-refractivity contribution in [3.63, 3.8) is 0 Å². The van der Waals surface area contributed by atoms with E-state index in [0.717, 1.165) is 52.6 Å². The van der Waals surface area contributed by atoms with Gasteiger partial charge in [0.05, 0.1) is 36.6 Å². The monoisotopic (exact) mass is 566 g/mol. The van der Waals surface area contributed by atoms with E-state index in [-0.39, 0.29) is 18.1 Å². The van der Waals surface area contributed by atoms with Crippen molar-refractivity contribution in [3.05, 3.63) is 107 Å². The predicted octanol–water partition coefficient (Wildman–Crippen LogP) is 6.77. The molecule has 3 heterocycles. The van der Waals surface area contributed by atoms with Gasteiger partial charge in [-0.15, -0.1) is 0 Å². The summed E-state index contributed by atoms with van der Waals surface area (Å²) < 4.78 is 13.3. The second-order valence-corrected chi connectivity index (χ2v) is 11.1. The highest BCUT2D eigenvalue weighted by Gasteiger charge is 2.42. The summed E-state index contributed by atoms with van der Waals surface area (Å²) in [6.45, 7) is 4.23. The van der Waals surface area contributed by atoms with E-state index in [9.17, 15) is 4.79 Å². The van der Waals surface area contributed by atoms with Gasteiger partial charge in [0.25, 0.3) is 0 Å². The third-order valence-electron chi connectivity index (χ3n) is 8.15. The van der Waals surface area contributed by atoms with Crippen LogP contribution in [0.3, 0.4) is 0 Å². The van der Waals surface area contributed by atoms with Crippen molar-refractivity contribution >= 4 is 29.0 Å². The van der Waals surface area contributed by atoms with E-state index in [1.165, 1.54) is 20.0 Å². The Hall–Kier alpha value is -4.17. The second kappa shape index (κ2) is 11.4. The maximum Gasteiger partial charge on any atom is 0.337 e. The van der Waals surface area contributed by atoms with Gasteiger partial charge >= 0.3 is 5.97 Å². The Morgan fingerprint density at radius 2 is 1.68 bits per heavy atom. The van der Waals surface area contributed by atoms with Crippen molar-refractivity contribution < 1.29 is 14.3 Å². The quantitative estimate of drug-likeness (QED) is 0.195. The molecule has 8 heteroatoms. The summed E-state index contributed by atoms with van der Waals surface area (Å²) in [5.74, 6) is 0.544. The first-order valence-corrected chi connectivity index (χ1v) is 14.5. The van der Waals surface area contributed by atoms with E-state index >= 15 is 0 Å². The van der Waals surface area contributed by atoms with Crippen LogP contribution in [-0.2, 0) is 4.74 Å². The SMILES string of the molecule is COC(=O)c1ccc(-n2c(C)cc([C@@H]3[C@H](c4ccccn4)NC(=S)N3c3ccc(OC4CCCC4)cc3)c2C)cc1. The number of hydrogen-bond donors (Lipinski definition) is 1. The molecule has 7 nitrogen and oxygen atoms in total. The van der Waals surface area contributed by atoms with E-state index in [2.05, 4.69) is 46.8 Å². The third-order valence-corrected chi connectivity index (χ3v) is 8.47. The van der Waals surface area contributed by atoms with Gasteiger partial charge in [-0.3, -0.25) is 4.98 Å². The largest absolute Gasteiger partial charge is 0.490 e. The van der Waals surface area contributed by atoms with Gasteiger partial charge < -0.3 is 24.3 Å². The van der Waals surface area contributed by atoms with Gasteiger partial charge in [0.1, 0.15) is 5.75 Å². The Kier molecular flexibility index (Phi) is 7.49. The zero-order chi connectivity index (χ0) is 28.5. The number of esters is 1. The van der Waals surface area contributed by atoms with Gasteiger partial charge in [-0.1, -0.05) is 6.07 Å². The number of thiocarbonyl (C=S) groups is 1. The fourth-order valence-corrected chi connectivity index (χ4v) is 6.53. The molecule has 1 aliphatic carbocycles. The zero-order valence-electron chi connectivity index (χ0n) is 23.5. The van der Waals surface area contributed by atoms with E-state index in [1.807, 2.05) is 48.7 Å². The fourth-order valence-electron chi connectivity index (χ4n) is 6.18. The minimum atomic E-state index is -0.350. The van der Waals surface area contributed by atoms with Gasteiger partial charge in [0.15, 0.2) is 5.11 Å². The summed E-state index contributed by atoms with van der Waals surface area (Å²) in [7, 11) is 1.39. The van der Waals surface area contributed by atoms with Crippen molar-refractivity contribution in [1.29, 1.82) is 0 Å². The number of hydrogen-bond acceptors (Lipinski definition) is 5. The van der Waals surface area contributed by atoms with Crippen molar-refractivity contribution in [2.24, 2.45) is 0 Å². The molecule has 0 unspecified atom stereocenters. The topological polar surface area (TPSA) is 68.6 Å². The van der Waals surface area contributed by atoms with Gasteiger partial charge in [0.2, 0.25) is 0 Å². The number of aromatic nitrogens is 2. The summed E-state index contributed by atoms with van der Waals surface area (Å²) in [6, 6.07) is 23.7. The molecule has 1 N–H and O–H groups in total. The number of pyridine rings is 1. The van der Waals surface area contributed by atoms with Gasteiger partial charge in [0, 0.05) is 29.0 Å². The molecule has 2 aromatic heterocycles. The van der Waals surface area contributed by atoms with Crippen molar-refractivity contribution in [2.75, 3.05) is 12.0 Å². The molecule has 6 rings (SSSR count). The van der Waals surface area contributed by atoms with Crippen LogP contribution < -0.4 is 15.0 Å². The number of anilines is 1. The van der Waals surface area contributed by atoms with Crippen LogP contribution in [0.4, 0.5) is 5.69 Å². The highest BCUT2D eigenvalue weighted by molar-refractivity contribution is 7.80. The second-order valence-electron chi connectivity index (χ2n) is 10.7. The first kappa shape index (κ1) is 27.0. The van der Waals surface area contributed by atoms with Crippen LogP contribution in [0.2, 0.25) is 0 Å². The first-order chi connectivity index (χ1) is 19.9. The molecule has 0 radical (unpaired) electrons. The standard InChI is InChI=1S/C33H34N4O3S/c1-21-20-28(22(2)36(21)24-13-11-23(12-14-24)32(38)39-3)31-30(29-10-6-7-19-34-29)35-33(41)37(31)25-15-17-27(18-16-25)40-26-8-4-5-9-26/h6-7,10-20,26,30-31H,4-5,8-9H2,1-3H3,(H,35,41)/t30-,31+/m0/s1. The van der Waals surface area contributed by atoms with Crippen LogP contribution in [0.5, 0.6) is 5.75 Å². The van der Waals surface area contributed by atoms with Crippen LogP contribution in [0, 0.1) is 13.8 Å². The molecular formula is C33H34N4O3S. The molecule has 0 amide bonds. The normalized spacial score (nSPS) is 18.9. The van der Waals surface area contributed by atoms with Gasteiger partial charge in [-0.25, -0.2) is 4.79 Å². The Labute approximate surface area is 246 Å². The highest BCUT2D eigenvalue weighted by Crippen LogP contribution is 2.44. The summed E-state index contributed by atoms with van der Waals surface area (Å²) in [5.41, 5.74) is 6.74. The van der Waals surface area contributed by atoms with Crippen molar-refractivity contribution in [3.8, 4) is 11.4 Å². The lowest BCUT2D eigenvalue weighted by atomic mass is 9.96. The first-order valence-electron chi connectivity index (χ1n) is 14.1. The van der Waals surface area contributed by atoms with Gasteiger partial charge in [-0.05, 0) is 124 Å². The van der Waals surface area contributed by atoms with E-state index in [1.54, 1.807) is 12.1 Å². The summed E-state index contributed by atoms with van der Waals surface area (Å²) in [5, 5.41) is 4.22. The molecule has 1 aliphatic heterocycles. The van der Waals surface area contributed by atoms with Gasteiger partial charge in [-0.2, -0.15) is 0 Å². The van der Waals surface area contributed by atoms with Crippen LogP contribution in [0.15, 0.2) is 79.0 Å². The Morgan fingerprint density at radius 3 is 2.34 bits per heavy atom. The summed E-state index contributed by atoms with van der Waals surface area (Å²) in [4.78, 5) is 18.9. The number of nitrogens with zero attached hydrogens (tertiary/aromatic N) is 3. The highest BCUT2D eigenvalue weighted by atomic mass is 32.1. The molecule has 210 valence electrons. The minimum absolute atomic E-state index is 0.131. The molecule has 2 atom stereocenters. The molecule has 2 fully saturated rings. The number of nitrogens with one attached hydrogen (secondary N) is 1. The summed E-state index contributed by atoms with van der Waals surface area (Å²) in [6.07, 6.45) is 6.85. The van der Waals surface area contributed by atoms with Crippen molar-refractivity contribution in [2.45, 2.75) is 57.7 Å². The molecule has 2 aliphatic rings.